The summed E-state index contributed by atoms with van der Waals surface area (Å²) in [4.78, 5) is 11.8. The van der Waals surface area contributed by atoms with E-state index >= 15 is 0 Å². The third kappa shape index (κ3) is 6.68. The second-order valence-corrected chi connectivity index (χ2v) is 9.01. The molecule has 0 bridgehead atoms. The normalized spacial score (nSPS) is 26.5. The second-order valence-electron chi connectivity index (χ2n) is 9.01. The molecule has 2 aliphatic rings. The lowest BCUT2D eigenvalue weighted by atomic mass is 9.88. The van der Waals surface area contributed by atoms with Crippen molar-refractivity contribution in [1.82, 2.24) is 5.32 Å². The predicted octanol–water partition coefficient (Wildman–Crippen LogP) is 3.42. The summed E-state index contributed by atoms with van der Waals surface area (Å²) in [6.45, 7) is 1.57. The molecule has 2 heterocycles. The van der Waals surface area contributed by atoms with E-state index in [0.717, 1.165) is 44.1 Å². The van der Waals surface area contributed by atoms with Gasteiger partial charge in [-0.05, 0) is 55.4 Å². The number of amides is 1. The molecule has 174 valence electrons. The monoisotopic (exact) mass is 447 g/mol. The first-order valence-corrected chi connectivity index (χ1v) is 11.9. The zero-order valence-corrected chi connectivity index (χ0v) is 19.2. The Morgan fingerprint density at radius 3 is 2.55 bits per heavy atom. The quantitative estimate of drug-likeness (QED) is 0.666. The van der Waals surface area contributed by atoms with E-state index in [0.29, 0.717) is 0 Å². The van der Waals surface area contributed by atoms with Crippen molar-refractivity contribution in [2.45, 2.75) is 75.9 Å². The van der Waals surface area contributed by atoms with Crippen molar-refractivity contribution >= 4 is 5.91 Å². The average molecular weight is 448 g/mol. The molecule has 2 aliphatic heterocycles. The zero-order valence-electron chi connectivity index (χ0n) is 19.2. The lowest BCUT2D eigenvalue weighted by Crippen LogP contribution is -2.57. The van der Waals surface area contributed by atoms with Gasteiger partial charge in [-0.1, -0.05) is 54.3 Å². The Kier molecular flexibility index (Phi) is 8.17. The zero-order chi connectivity index (χ0) is 23.0. The van der Waals surface area contributed by atoms with Crippen LogP contribution in [0.25, 0.3) is 0 Å². The molecule has 0 radical (unpaired) electrons. The molecule has 2 aromatic rings. The number of fused-ring (bicyclic) bond motifs is 1. The Morgan fingerprint density at radius 1 is 1.03 bits per heavy atom. The second kappa shape index (κ2) is 11.5. The van der Waals surface area contributed by atoms with Crippen molar-refractivity contribution < 1.29 is 19.4 Å². The van der Waals surface area contributed by atoms with Gasteiger partial charge in [-0.3, -0.25) is 4.79 Å². The van der Waals surface area contributed by atoms with Crippen LogP contribution in [-0.2, 0) is 27.1 Å². The molecule has 2 saturated heterocycles. The van der Waals surface area contributed by atoms with E-state index in [2.05, 4.69) is 53.6 Å². The topological polar surface area (TPSA) is 67.8 Å². The predicted molar refractivity (Wildman–Crippen MR) is 128 cm³/mol. The number of hydrogen-bond acceptors (Lipinski definition) is 4. The van der Waals surface area contributed by atoms with Gasteiger partial charge in [0, 0.05) is 18.9 Å². The lowest BCUT2D eigenvalue weighted by Gasteiger charge is -2.45. The van der Waals surface area contributed by atoms with Crippen LogP contribution in [0.15, 0.2) is 54.6 Å². The van der Waals surface area contributed by atoms with E-state index < -0.39 is 0 Å². The number of aryl methyl sites for hydroxylation is 1. The molecule has 0 saturated carbocycles. The first-order valence-electron chi connectivity index (χ1n) is 11.9. The highest BCUT2D eigenvalue weighted by atomic mass is 16.6. The lowest BCUT2D eigenvalue weighted by molar-refractivity contribution is -0.202. The molecule has 2 N–H and O–H groups in total. The van der Waals surface area contributed by atoms with Crippen LogP contribution in [0, 0.1) is 11.8 Å². The maximum Gasteiger partial charge on any atom is 0.217 e. The number of rotatable bonds is 6. The molecule has 5 nitrogen and oxygen atoms in total. The number of aliphatic hydroxyl groups is 1. The highest BCUT2D eigenvalue weighted by Gasteiger charge is 2.42. The highest BCUT2D eigenvalue weighted by Crippen LogP contribution is 2.33. The minimum atomic E-state index is -0.126. The van der Waals surface area contributed by atoms with Crippen LogP contribution in [0.5, 0.6) is 0 Å². The molecule has 1 amide bonds. The first-order chi connectivity index (χ1) is 16.1. The van der Waals surface area contributed by atoms with Crippen LogP contribution in [0.3, 0.4) is 0 Å². The maximum absolute atomic E-state index is 11.8. The summed E-state index contributed by atoms with van der Waals surface area (Å²) in [5.74, 6) is 6.43. The van der Waals surface area contributed by atoms with Crippen molar-refractivity contribution in [3.05, 3.63) is 71.3 Å². The Hall–Kier alpha value is -2.65. The SMILES string of the molecule is CC(=O)N[C@H]1C[C@@H]2O[C@@H](CO)CC[C@@H]2O[C@@H]1CCc1ccc(C#CCc2ccccc2)cc1. The number of aliphatic hydroxyl groups excluding tert-OH is 1. The molecule has 0 aromatic heterocycles. The van der Waals surface area contributed by atoms with Gasteiger partial charge >= 0.3 is 0 Å². The van der Waals surface area contributed by atoms with Crippen LogP contribution in [-0.4, -0.2) is 48.1 Å². The van der Waals surface area contributed by atoms with Gasteiger partial charge in [-0.2, -0.15) is 0 Å². The van der Waals surface area contributed by atoms with Crippen molar-refractivity contribution in [2.75, 3.05) is 6.61 Å². The van der Waals surface area contributed by atoms with Crippen LogP contribution < -0.4 is 5.32 Å². The molecule has 0 unspecified atom stereocenters. The molecule has 5 heteroatoms. The van der Waals surface area contributed by atoms with Gasteiger partial charge in [0.15, 0.2) is 0 Å². The van der Waals surface area contributed by atoms with E-state index in [1.165, 1.54) is 11.1 Å². The molecular weight excluding hydrogens is 414 g/mol. The fourth-order valence-electron chi connectivity index (χ4n) is 4.75. The Morgan fingerprint density at radius 2 is 1.82 bits per heavy atom. The smallest absolute Gasteiger partial charge is 0.217 e. The number of carbonyl (C=O) groups excluding carboxylic acids is 1. The standard InChI is InChI=1S/C28H33NO4/c1-20(31)29-25-18-28-27(17-15-24(19-30)32-28)33-26(25)16-14-23-12-10-22(11-13-23)9-5-8-21-6-3-2-4-7-21/h2-4,6-7,10-13,24-28,30H,8,14-19H2,1H3,(H,29,31)/t24-,25+,26-,27+,28+/m1/s1. The molecule has 0 aliphatic carbocycles. The van der Waals surface area contributed by atoms with E-state index in [1.54, 1.807) is 6.92 Å². The van der Waals surface area contributed by atoms with E-state index in [1.807, 2.05) is 18.2 Å². The summed E-state index contributed by atoms with van der Waals surface area (Å²) in [5.41, 5.74) is 3.47. The maximum atomic E-state index is 11.8. The van der Waals surface area contributed by atoms with E-state index in [4.69, 9.17) is 9.47 Å². The van der Waals surface area contributed by atoms with Gasteiger partial charge in [0.25, 0.3) is 0 Å². The third-order valence-corrected chi connectivity index (χ3v) is 6.47. The number of hydrogen-bond donors (Lipinski definition) is 2. The van der Waals surface area contributed by atoms with Gasteiger partial charge in [0.05, 0.1) is 37.1 Å². The molecule has 4 rings (SSSR count). The van der Waals surface area contributed by atoms with Crippen molar-refractivity contribution in [3.63, 3.8) is 0 Å². The fourth-order valence-corrected chi connectivity index (χ4v) is 4.75. The first kappa shape index (κ1) is 23.5. The molecule has 2 fully saturated rings. The molecule has 5 atom stereocenters. The minimum absolute atomic E-state index is 0.0318. The van der Waals surface area contributed by atoms with Gasteiger partial charge in [-0.15, -0.1) is 0 Å². The molecular formula is C28H33NO4. The number of nitrogens with one attached hydrogen (secondary N) is 1. The fraction of sp³-hybridized carbons (Fsp3) is 0.464. The van der Waals surface area contributed by atoms with Crippen molar-refractivity contribution in [2.24, 2.45) is 0 Å². The summed E-state index contributed by atoms with van der Waals surface area (Å²) < 4.78 is 12.4. The van der Waals surface area contributed by atoms with Gasteiger partial charge < -0.3 is 19.9 Å². The summed E-state index contributed by atoms with van der Waals surface area (Å²) in [5, 5.41) is 12.5. The van der Waals surface area contributed by atoms with Crippen LogP contribution in [0.2, 0.25) is 0 Å². The van der Waals surface area contributed by atoms with E-state index in [-0.39, 0.29) is 43.0 Å². The Balaban J connectivity index is 1.32. The number of ether oxygens (including phenoxy) is 2. The largest absolute Gasteiger partial charge is 0.394 e. The average Bonchev–Trinajstić information content (AvgIpc) is 2.83. The Labute approximate surface area is 196 Å². The van der Waals surface area contributed by atoms with Crippen molar-refractivity contribution in [1.29, 1.82) is 0 Å². The van der Waals surface area contributed by atoms with Crippen LogP contribution >= 0.6 is 0 Å². The molecule has 0 spiro atoms. The highest BCUT2D eigenvalue weighted by molar-refractivity contribution is 5.73. The van der Waals surface area contributed by atoms with Gasteiger partial charge in [0.2, 0.25) is 5.91 Å². The minimum Gasteiger partial charge on any atom is -0.394 e. The van der Waals surface area contributed by atoms with E-state index in [9.17, 15) is 9.90 Å². The van der Waals surface area contributed by atoms with Crippen LogP contribution in [0.4, 0.5) is 0 Å². The van der Waals surface area contributed by atoms with Crippen LogP contribution in [0.1, 0.15) is 49.3 Å². The van der Waals surface area contributed by atoms with Gasteiger partial charge in [-0.25, -0.2) is 0 Å². The Bertz CT molecular complexity index is 963. The van der Waals surface area contributed by atoms with Gasteiger partial charge in [0.1, 0.15) is 0 Å². The molecule has 2 aromatic carbocycles. The third-order valence-electron chi connectivity index (χ3n) is 6.47. The summed E-state index contributed by atoms with van der Waals surface area (Å²) in [6.07, 6.45) is 4.65. The summed E-state index contributed by atoms with van der Waals surface area (Å²) in [6, 6.07) is 18.6. The summed E-state index contributed by atoms with van der Waals surface area (Å²) >= 11 is 0. The van der Waals surface area contributed by atoms with Crippen molar-refractivity contribution in [3.8, 4) is 11.8 Å². The number of carbonyl (C=O) groups is 1. The summed E-state index contributed by atoms with van der Waals surface area (Å²) in [7, 11) is 0. The molecule has 33 heavy (non-hydrogen) atoms. The number of benzene rings is 2.